The first-order valence-corrected chi connectivity index (χ1v) is 5.92. The van der Waals surface area contributed by atoms with E-state index in [0.29, 0.717) is 12.5 Å². The number of carbonyl (C=O) groups excluding carboxylic acids is 2. The van der Waals surface area contributed by atoms with Gasteiger partial charge in [0.05, 0.1) is 12.5 Å². The molecule has 1 aliphatic rings. The van der Waals surface area contributed by atoms with Gasteiger partial charge < -0.3 is 16.8 Å². The second-order valence-corrected chi connectivity index (χ2v) is 6.02. The average Bonchev–Trinajstić information content (AvgIpc) is 2.53. The van der Waals surface area contributed by atoms with Crippen LogP contribution in [0.3, 0.4) is 0 Å². The highest BCUT2D eigenvalue weighted by atomic mass is 16.2. The topological polar surface area (TPSA) is 98.2 Å². The van der Waals surface area contributed by atoms with E-state index in [1.165, 1.54) is 0 Å². The minimum atomic E-state index is -0.836. The van der Waals surface area contributed by atoms with E-state index in [4.69, 9.17) is 11.5 Å². The van der Waals surface area contributed by atoms with Crippen molar-refractivity contribution in [1.29, 1.82) is 0 Å². The van der Waals surface area contributed by atoms with Gasteiger partial charge in [0.15, 0.2) is 0 Å². The predicted octanol–water partition coefficient (Wildman–Crippen LogP) is -0.0125. The third kappa shape index (κ3) is 2.60. The number of rotatable bonds is 5. The van der Waals surface area contributed by atoms with Gasteiger partial charge in [0.1, 0.15) is 0 Å². The molecule has 5 N–H and O–H groups in total. The molecule has 0 bridgehead atoms. The molecule has 1 atom stereocenters. The summed E-state index contributed by atoms with van der Waals surface area (Å²) in [6.07, 6.45) is -0.108. The largest absolute Gasteiger partial charge is 0.370 e. The van der Waals surface area contributed by atoms with Crippen molar-refractivity contribution in [2.24, 2.45) is 28.2 Å². The van der Waals surface area contributed by atoms with Gasteiger partial charge in [0.2, 0.25) is 11.8 Å². The van der Waals surface area contributed by atoms with E-state index in [1.807, 2.05) is 0 Å². The zero-order chi connectivity index (χ0) is 13.4. The molecule has 0 aromatic heterocycles. The average molecular weight is 241 g/mol. The fraction of sp³-hybridized carbons (Fsp3) is 0.833. The quantitative estimate of drug-likeness (QED) is 0.631. The van der Waals surface area contributed by atoms with Crippen molar-refractivity contribution < 1.29 is 9.59 Å². The molecule has 1 unspecified atom stereocenters. The van der Waals surface area contributed by atoms with E-state index in [1.54, 1.807) is 0 Å². The Hall–Kier alpha value is -1.10. The Kier molecular flexibility index (Phi) is 3.52. The van der Waals surface area contributed by atoms with E-state index >= 15 is 0 Å². The minimum absolute atomic E-state index is 0.108. The van der Waals surface area contributed by atoms with Crippen LogP contribution in [0.4, 0.5) is 0 Å². The van der Waals surface area contributed by atoms with Gasteiger partial charge in [-0.1, -0.05) is 27.7 Å². The Morgan fingerprint density at radius 3 is 2.06 bits per heavy atom. The van der Waals surface area contributed by atoms with Crippen LogP contribution in [0, 0.1) is 16.7 Å². The van der Waals surface area contributed by atoms with Crippen LogP contribution in [0.15, 0.2) is 0 Å². The molecule has 1 rings (SSSR count). The summed E-state index contributed by atoms with van der Waals surface area (Å²) in [5.74, 6) is -0.415. The number of carbonyl (C=O) groups is 2. The number of hydrogen-bond donors (Lipinski definition) is 3. The molecule has 0 aromatic carbocycles. The highest BCUT2D eigenvalue weighted by Gasteiger charge is 2.64. The maximum absolute atomic E-state index is 11.6. The van der Waals surface area contributed by atoms with Crippen LogP contribution in [-0.2, 0) is 9.59 Å². The Morgan fingerprint density at radius 2 is 1.71 bits per heavy atom. The van der Waals surface area contributed by atoms with Crippen LogP contribution in [-0.4, -0.2) is 24.4 Å². The summed E-state index contributed by atoms with van der Waals surface area (Å²) in [6.45, 7) is 9.35. The normalized spacial score (nSPS) is 22.9. The SMILES string of the molecule is CC1(C)C(CNC(=O)C(N)CC(N)=O)C1(C)C. The molecule has 1 aliphatic carbocycles. The second kappa shape index (κ2) is 4.29. The summed E-state index contributed by atoms with van der Waals surface area (Å²) < 4.78 is 0. The summed E-state index contributed by atoms with van der Waals surface area (Å²) in [4.78, 5) is 22.2. The van der Waals surface area contributed by atoms with Crippen molar-refractivity contribution in [3.05, 3.63) is 0 Å². The maximum Gasteiger partial charge on any atom is 0.237 e. The third-order valence-corrected chi connectivity index (χ3v) is 4.56. The molecule has 5 heteroatoms. The molecule has 0 aromatic rings. The van der Waals surface area contributed by atoms with Crippen molar-refractivity contribution in [3.63, 3.8) is 0 Å². The van der Waals surface area contributed by atoms with E-state index in [9.17, 15) is 9.59 Å². The number of nitrogens with two attached hydrogens (primary N) is 2. The molecule has 2 amide bonds. The number of primary amides is 1. The van der Waals surface area contributed by atoms with Crippen molar-refractivity contribution in [1.82, 2.24) is 5.32 Å². The lowest BCUT2D eigenvalue weighted by atomic mass is 10.0. The second-order valence-electron chi connectivity index (χ2n) is 6.02. The number of amides is 2. The lowest BCUT2D eigenvalue weighted by molar-refractivity contribution is -0.126. The smallest absolute Gasteiger partial charge is 0.237 e. The van der Waals surface area contributed by atoms with Gasteiger partial charge in [0, 0.05) is 6.54 Å². The standard InChI is InChI=1S/C12H23N3O2/c1-11(2)8(12(11,3)4)6-15-10(17)7(13)5-9(14)16/h7-8H,5-6,13H2,1-4H3,(H2,14,16)(H,15,17). The minimum Gasteiger partial charge on any atom is -0.370 e. The molecule has 0 saturated heterocycles. The molecular weight excluding hydrogens is 218 g/mol. The Balaban J connectivity index is 2.38. The van der Waals surface area contributed by atoms with Gasteiger partial charge >= 0.3 is 0 Å². The lowest BCUT2D eigenvalue weighted by Gasteiger charge is -2.11. The molecule has 5 nitrogen and oxygen atoms in total. The first kappa shape index (κ1) is 14.0. The Morgan fingerprint density at radius 1 is 1.24 bits per heavy atom. The van der Waals surface area contributed by atoms with Gasteiger partial charge in [-0.15, -0.1) is 0 Å². The van der Waals surface area contributed by atoms with Gasteiger partial charge in [-0.05, 0) is 16.7 Å². The van der Waals surface area contributed by atoms with Crippen molar-refractivity contribution in [2.75, 3.05) is 6.54 Å². The molecular formula is C12H23N3O2. The first-order chi connectivity index (χ1) is 7.60. The van der Waals surface area contributed by atoms with Gasteiger partial charge in [0.25, 0.3) is 0 Å². The molecule has 0 heterocycles. The summed E-state index contributed by atoms with van der Waals surface area (Å²) in [6, 6.07) is -0.836. The van der Waals surface area contributed by atoms with E-state index in [0.717, 1.165) is 0 Å². The highest BCUT2D eigenvalue weighted by molar-refractivity contribution is 5.87. The van der Waals surface area contributed by atoms with E-state index in [2.05, 4.69) is 33.0 Å². The van der Waals surface area contributed by atoms with Crippen LogP contribution < -0.4 is 16.8 Å². The molecule has 1 fully saturated rings. The van der Waals surface area contributed by atoms with Crippen molar-refractivity contribution >= 4 is 11.8 Å². The van der Waals surface area contributed by atoms with Crippen LogP contribution in [0.5, 0.6) is 0 Å². The summed E-state index contributed by atoms with van der Waals surface area (Å²) in [5, 5.41) is 2.79. The molecule has 17 heavy (non-hydrogen) atoms. The van der Waals surface area contributed by atoms with Gasteiger partial charge in [-0.3, -0.25) is 9.59 Å². The molecule has 98 valence electrons. The molecule has 0 aliphatic heterocycles. The number of hydrogen-bond acceptors (Lipinski definition) is 3. The van der Waals surface area contributed by atoms with Crippen LogP contribution >= 0.6 is 0 Å². The fourth-order valence-electron chi connectivity index (χ4n) is 2.49. The highest BCUT2D eigenvalue weighted by Crippen LogP contribution is 2.67. The number of nitrogens with one attached hydrogen (secondary N) is 1. The van der Waals surface area contributed by atoms with Gasteiger partial charge in [-0.25, -0.2) is 0 Å². The first-order valence-electron chi connectivity index (χ1n) is 5.92. The Bertz CT molecular complexity index is 323. The van der Waals surface area contributed by atoms with Crippen LogP contribution in [0.1, 0.15) is 34.1 Å². The zero-order valence-corrected chi connectivity index (χ0v) is 11.0. The molecule has 1 saturated carbocycles. The summed E-state index contributed by atoms with van der Waals surface area (Å²) >= 11 is 0. The Labute approximate surface area is 102 Å². The zero-order valence-electron chi connectivity index (χ0n) is 11.0. The maximum atomic E-state index is 11.6. The van der Waals surface area contributed by atoms with Crippen molar-refractivity contribution in [2.45, 2.75) is 40.2 Å². The fourth-order valence-corrected chi connectivity index (χ4v) is 2.49. The van der Waals surface area contributed by atoms with Crippen LogP contribution in [0.25, 0.3) is 0 Å². The van der Waals surface area contributed by atoms with Gasteiger partial charge in [-0.2, -0.15) is 0 Å². The predicted molar refractivity (Wildman–Crippen MR) is 65.8 cm³/mol. The monoisotopic (exact) mass is 241 g/mol. The molecule has 0 radical (unpaired) electrons. The van der Waals surface area contributed by atoms with Crippen molar-refractivity contribution in [3.8, 4) is 0 Å². The molecule has 0 spiro atoms. The van der Waals surface area contributed by atoms with E-state index < -0.39 is 11.9 Å². The summed E-state index contributed by atoms with van der Waals surface area (Å²) in [5.41, 5.74) is 11.0. The van der Waals surface area contributed by atoms with E-state index in [-0.39, 0.29) is 23.2 Å². The van der Waals surface area contributed by atoms with Crippen LogP contribution in [0.2, 0.25) is 0 Å². The summed E-state index contributed by atoms with van der Waals surface area (Å²) in [7, 11) is 0. The third-order valence-electron chi connectivity index (χ3n) is 4.56. The lowest BCUT2D eigenvalue weighted by Crippen LogP contribution is -2.43.